The van der Waals surface area contributed by atoms with Gasteiger partial charge in [-0.15, -0.1) is 0 Å². The first kappa shape index (κ1) is 14.5. The zero-order valence-electron chi connectivity index (χ0n) is 12.0. The molecular formula is C17H20O3. The van der Waals surface area contributed by atoms with E-state index >= 15 is 0 Å². The number of benzene rings is 2. The standard InChI is InChI=1S/C17H20O3/c1-13(18)15-10-9-14-7-3-4-8-16(14)17(15)20-12-6-5-11-19-2/h3-4,7-10H,5-6,11-12H2,1-2H3. The SMILES string of the molecule is COCCCCOc1c(C(C)=O)ccc2ccccc12. The zero-order valence-corrected chi connectivity index (χ0v) is 12.0. The van der Waals surface area contributed by atoms with Crippen molar-refractivity contribution in [2.75, 3.05) is 20.3 Å². The maximum Gasteiger partial charge on any atom is 0.163 e. The fourth-order valence-corrected chi connectivity index (χ4v) is 2.20. The van der Waals surface area contributed by atoms with E-state index in [4.69, 9.17) is 9.47 Å². The summed E-state index contributed by atoms with van der Waals surface area (Å²) >= 11 is 0. The third-order valence-electron chi connectivity index (χ3n) is 3.25. The molecule has 106 valence electrons. The van der Waals surface area contributed by atoms with Crippen molar-refractivity contribution in [1.82, 2.24) is 0 Å². The van der Waals surface area contributed by atoms with Crippen LogP contribution < -0.4 is 4.74 Å². The van der Waals surface area contributed by atoms with Crippen LogP contribution in [0.1, 0.15) is 30.1 Å². The summed E-state index contributed by atoms with van der Waals surface area (Å²) in [5.41, 5.74) is 0.649. The van der Waals surface area contributed by atoms with E-state index in [2.05, 4.69) is 0 Å². The number of fused-ring (bicyclic) bond motifs is 1. The van der Waals surface area contributed by atoms with E-state index in [1.807, 2.05) is 36.4 Å². The van der Waals surface area contributed by atoms with Crippen LogP contribution in [0.3, 0.4) is 0 Å². The molecule has 0 radical (unpaired) electrons. The molecular weight excluding hydrogens is 252 g/mol. The van der Waals surface area contributed by atoms with Gasteiger partial charge in [0.2, 0.25) is 0 Å². The molecule has 0 saturated carbocycles. The van der Waals surface area contributed by atoms with Crippen molar-refractivity contribution in [3.05, 3.63) is 42.0 Å². The van der Waals surface area contributed by atoms with E-state index < -0.39 is 0 Å². The summed E-state index contributed by atoms with van der Waals surface area (Å²) in [6.07, 6.45) is 1.87. The van der Waals surface area contributed by atoms with Gasteiger partial charge in [0.25, 0.3) is 0 Å². The maximum atomic E-state index is 11.7. The van der Waals surface area contributed by atoms with Crippen molar-refractivity contribution in [3.8, 4) is 5.75 Å². The molecule has 0 N–H and O–H groups in total. The lowest BCUT2D eigenvalue weighted by Crippen LogP contribution is -2.04. The molecule has 0 saturated heterocycles. The van der Waals surface area contributed by atoms with Gasteiger partial charge in [0.05, 0.1) is 12.2 Å². The average Bonchev–Trinajstić information content (AvgIpc) is 2.46. The summed E-state index contributed by atoms with van der Waals surface area (Å²) in [6.45, 7) is 2.90. The van der Waals surface area contributed by atoms with Crippen LogP contribution in [-0.2, 0) is 4.74 Å². The topological polar surface area (TPSA) is 35.5 Å². The molecule has 0 atom stereocenters. The molecule has 2 aromatic rings. The molecule has 20 heavy (non-hydrogen) atoms. The number of carbonyl (C=O) groups excluding carboxylic acids is 1. The van der Waals surface area contributed by atoms with Crippen molar-refractivity contribution >= 4 is 16.6 Å². The van der Waals surface area contributed by atoms with Gasteiger partial charge in [-0.2, -0.15) is 0 Å². The number of hydrogen-bond donors (Lipinski definition) is 0. The first-order valence-electron chi connectivity index (χ1n) is 6.88. The molecule has 3 nitrogen and oxygen atoms in total. The van der Waals surface area contributed by atoms with Crippen LogP contribution in [0, 0.1) is 0 Å². The third-order valence-corrected chi connectivity index (χ3v) is 3.25. The number of carbonyl (C=O) groups is 1. The van der Waals surface area contributed by atoms with Gasteiger partial charge in [-0.05, 0) is 31.2 Å². The Bertz CT molecular complexity index is 590. The van der Waals surface area contributed by atoms with Gasteiger partial charge in [-0.1, -0.05) is 30.3 Å². The summed E-state index contributed by atoms with van der Waals surface area (Å²) in [4.78, 5) is 11.7. The number of rotatable bonds is 7. The van der Waals surface area contributed by atoms with Crippen molar-refractivity contribution in [1.29, 1.82) is 0 Å². The number of ether oxygens (including phenoxy) is 2. The van der Waals surface area contributed by atoms with E-state index in [0.29, 0.717) is 17.9 Å². The lowest BCUT2D eigenvalue weighted by atomic mass is 10.0. The molecule has 0 aliphatic heterocycles. The Morgan fingerprint density at radius 3 is 2.55 bits per heavy atom. The lowest BCUT2D eigenvalue weighted by molar-refractivity contribution is 0.101. The van der Waals surface area contributed by atoms with E-state index in [1.165, 1.54) is 0 Å². The second-order valence-corrected chi connectivity index (χ2v) is 4.77. The number of methoxy groups -OCH3 is 1. The summed E-state index contributed by atoms with van der Waals surface area (Å²) in [5.74, 6) is 0.732. The van der Waals surface area contributed by atoms with Gasteiger partial charge in [0, 0.05) is 19.1 Å². The highest BCUT2D eigenvalue weighted by Gasteiger charge is 2.12. The van der Waals surface area contributed by atoms with Gasteiger partial charge < -0.3 is 9.47 Å². The normalized spacial score (nSPS) is 10.7. The van der Waals surface area contributed by atoms with Crippen LogP contribution in [0.4, 0.5) is 0 Å². The van der Waals surface area contributed by atoms with Gasteiger partial charge >= 0.3 is 0 Å². The second kappa shape index (κ2) is 7.06. The van der Waals surface area contributed by atoms with Crippen LogP contribution in [0.2, 0.25) is 0 Å². The van der Waals surface area contributed by atoms with Crippen molar-refractivity contribution in [3.63, 3.8) is 0 Å². The van der Waals surface area contributed by atoms with Gasteiger partial charge in [0.1, 0.15) is 5.75 Å². The summed E-state index contributed by atoms with van der Waals surface area (Å²) < 4.78 is 10.9. The fraction of sp³-hybridized carbons (Fsp3) is 0.353. The van der Waals surface area contributed by atoms with Gasteiger partial charge in [-0.25, -0.2) is 0 Å². The molecule has 0 heterocycles. The molecule has 2 aromatic carbocycles. The molecule has 0 unspecified atom stereocenters. The van der Waals surface area contributed by atoms with Crippen LogP contribution in [0.25, 0.3) is 10.8 Å². The summed E-state index contributed by atoms with van der Waals surface area (Å²) in [7, 11) is 1.69. The number of hydrogen-bond acceptors (Lipinski definition) is 3. The predicted molar refractivity (Wildman–Crippen MR) is 80.6 cm³/mol. The molecule has 0 aromatic heterocycles. The van der Waals surface area contributed by atoms with E-state index in [0.717, 1.165) is 30.2 Å². The smallest absolute Gasteiger partial charge is 0.163 e. The van der Waals surface area contributed by atoms with Crippen LogP contribution >= 0.6 is 0 Å². The fourth-order valence-electron chi connectivity index (χ4n) is 2.20. The minimum atomic E-state index is 0.0302. The van der Waals surface area contributed by atoms with Crippen LogP contribution in [-0.4, -0.2) is 26.1 Å². The van der Waals surface area contributed by atoms with E-state index in [-0.39, 0.29) is 5.78 Å². The molecule has 0 fully saturated rings. The monoisotopic (exact) mass is 272 g/mol. The predicted octanol–water partition coefficient (Wildman–Crippen LogP) is 3.85. The Kier molecular flexibility index (Phi) is 5.13. The number of Topliss-reactive ketones (excluding diaryl/α,β-unsaturated/α-hetero) is 1. The molecule has 0 aliphatic carbocycles. The van der Waals surface area contributed by atoms with Crippen LogP contribution in [0.15, 0.2) is 36.4 Å². The van der Waals surface area contributed by atoms with Gasteiger partial charge in [-0.3, -0.25) is 4.79 Å². The molecule has 0 amide bonds. The minimum absolute atomic E-state index is 0.0302. The molecule has 0 spiro atoms. The Labute approximate surface area is 119 Å². The zero-order chi connectivity index (χ0) is 14.4. The largest absolute Gasteiger partial charge is 0.492 e. The maximum absolute atomic E-state index is 11.7. The Hall–Kier alpha value is -1.87. The number of ketones is 1. The van der Waals surface area contributed by atoms with Gasteiger partial charge in [0.15, 0.2) is 5.78 Å². The van der Waals surface area contributed by atoms with E-state index in [1.54, 1.807) is 14.0 Å². The molecule has 0 bridgehead atoms. The van der Waals surface area contributed by atoms with Crippen LogP contribution in [0.5, 0.6) is 5.75 Å². The van der Waals surface area contributed by atoms with Crippen molar-refractivity contribution in [2.24, 2.45) is 0 Å². The highest BCUT2D eigenvalue weighted by molar-refractivity contribution is 6.03. The molecule has 2 rings (SSSR count). The molecule has 3 heteroatoms. The highest BCUT2D eigenvalue weighted by atomic mass is 16.5. The second-order valence-electron chi connectivity index (χ2n) is 4.77. The Morgan fingerprint density at radius 2 is 1.80 bits per heavy atom. The summed E-state index contributed by atoms with van der Waals surface area (Å²) in [6, 6.07) is 11.8. The lowest BCUT2D eigenvalue weighted by Gasteiger charge is -2.13. The quantitative estimate of drug-likeness (QED) is 0.567. The highest BCUT2D eigenvalue weighted by Crippen LogP contribution is 2.30. The Morgan fingerprint density at radius 1 is 1.05 bits per heavy atom. The minimum Gasteiger partial charge on any atom is -0.492 e. The Balaban J connectivity index is 2.23. The summed E-state index contributed by atoms with van der Waals surface area (Å²) in [5, 5.41) is 2.08. The third kappa shape index (κ3) is 3.36. The van der Waals surface area contributed by atoms with Crippen molar-refractivity contribution < 1.29 is 14.3 Å². The van der Waals surface area contributed by atoms with E-state index in [9.17, 15) is 4.79 Å². The number of unbranched alkanes of at least 4 members (excludes halogenated alkanes) is 1. The average molecular weight is 272 g/mol. The first-order valence-corrected chi connectivity index (χ1v) is 6.88. The molecule has 0 aliphatic rings. The van der Waals surface area contributed by atoms with Crippen molar-refractivity contribution in [2.45, 2.75) is 19.8 Å². The first-order chi connectivity index (χ1) is 9.74.